The Morgan fingerprint density at radius 1 is 1.06 bits per heavy atom. The summed E-state index contributed by atoms with van der Waals surface area (Å²) in [5, 5.41) is 9.21. The van der Waals surface area contributed by atoms with Gasteiger partial charge in [-0.15, -0.1) is 24.0 Å². The number of aryl methyl sites for hydroxylation is 1. The van der Waals surface area contributed by atoms with E-state index in [4.69, 9.17) is 9.47 Å². The smallest absolute Gasteiger partial charge is 0.224 e. The highest BCUT2D eigenvalue weighted by atomic mass is 127. The van der Waals surface area contributed by atoms with E-state index in [0.717, 1.165) is 16.9 Å². The third-order valence-corrected chi connectivity index (χ3v) is 4.43. The van der Waals surface area contributed by atoms with Crippen molar-refractivity contribution in [1.29, 1.82) is 0 Å². The van der Waals surface area contributed by atoms with Crippen LogP contribution in [0.1, 0.15) is 16.7 Å². The van der Waals surface area contributed by atoms with Crippen LogP contribution >= 0.6 is 24.0 Å². The van der Waals surface area contributed by atoms with Gasteiger partial charge in [-0.1, -0.05) is 24.3 Å². The van der Waals surface area contributed by atoms with Crippen LogP contribution in [0, 0.1) is 12.7 Å². The van der Waals surface area contributed by atoms with Crippen molar-refractivity contribution >= 4 is 35.8 Å². The molecule has 0 bridgehead atoms. The SMILES string of the molecule is CN=C(NCCNC(=O)Cc1cccc(F)c1)NCc1ccc(C)cc1OCCOC.I. The number of aliphatic imine (C=N–C) groups is 1. The van der Waals surface area contributed by atoms with Gasteiger partial charge in [0.05, 0.1) is 13.0 Å². The van der Waals surface area contributed by atoms with Crippen LogP contribution in [0.25, 0.3) is 0 Å². The number of carbonyl (C=O) groups excluding carboxylic acids is 1. The van der Waals surface area contributed by atoms with Gasteiger partial charge in [-0.25, -0.2) is 4.39 Å². The Labute approximate surface area is 206 Å². The van der Waals surface area contributed by atoms with E-state index in [2.05, 4.69) is 20.9 Å². The summed E-state index contributed by atoms with van der Waals surface area (Å²) in [6.07, 6.45) is 0.143. The molecule has 0 unspecified atom stereocenters. The summed E-state index contributed by atoms with van der Waals surface area (Å²) in [5.74, 6) is 0.919. The van der Waals surface area contributed by atoms with Gasteiger partial charge in [0.15, 0.2) is 5.96 Å². The van der Waals surface area contributed by atoms with Gasteiger partial charge in [-0.3, -0.25) is 9.79 Å². The number of methoxy groups -OCH3 is 1. The average Bonchev–Trinajstić information content (AvgIpc) is 2.74. The monoisotopic (exact) mass is 558 g/mol. The van der Waals surface area contributed by atoms with E-state index < -0.39 is 0 Å². The Morgan fingerprint density at radius 2 is 1.84 bits per heavy atom. The van der Waals surface area contributed by atoms with Gasteiger partial charge in [0.2, 0.25) is 5.91 Å². The molecule has 32 heavy (non-hydrogen) atoms. The molecule has 0 saturated heterocycles. The number of amides is 1. The van der Waals surface area contributed by atoms with Gasteiger partial charge < -0.3 is 25.4 Å². The number of hydrogen-bond acceptors (Lipinski definition) is 4. The maximum atomic E-state index is 13.2. The van der Waals surface area contributed by atoms with Gasteiger partial charge in [-0.05, 0) is 36.2 Å². The fraction of sp³-hybridized carbons (Fsp3) is 0.391. The molecule has 0 spiro atoms. The summed E-state index contributed by atoms with van der Waals surface area (Å²) in [7, 11) is 3.32. The van der Waals surface area contributed by atoms with Crippen molar-refractivity contribution in [2.75, 3.05) is 40.5 Å². The lowest BCUT2D eigenvalue weighted by Gasteiger charge is -2.15. The lowest BCUT2D eigenvalue weighted by molar-refractivity contribution is -0.120. The van der Waals surface area contributed by atoms with Crippen LogP contribution in [0.4, 0.5) is 4.39 Å². The van der Waals surface area contributed by atoms with E-state index >= 15 is 0 Å². The molecule has 0 aromatic heterocycles. The molecule has 1 amide bonds. The summed E-state index contributed by atoms with van der Waals surface area (Å²) < 4.78 is 24.0. The highest BCUT2D eigenvalue weighted by Gasteiger charge is 2.07. The molecule has 176 valence electrons. The summed E-state index contributed by atoms with van der Waals surface area (Å²) in [6, 6.07) is 12.1. The van der Waals surface area contributed by atoms with Crippen molar-refractivity contribution in [3.8, 4) is 5.75 Å². The van der Waals surface area contributed by atoms with Crippen LogP contribution in [0.3, 0.4) is 0 Å². The molecule has 0 heterocycles. The third kappa shape index (κ3) is 10.3. The van der Waals surface area contributed by atoms with Crippen molar-refractivity contribution in [2.45, 2.75) is 19.9 Å². The molecule has 0 radical (unpaired) electrons. The Balaban J connectivity index is 0.00000512. The van der Waals surface area contributed by atoms with Crippen molar-refractivity contribution in [3.63, 3.8) is 0 Å². The first-order valence-corrected chi connectivity index (χ1v) is 10.2. The molecule has 0 aliphatic heterocycles. The number of halogens is 2. The predicted molar refractivity (Wildman–Crippen MR) is 135 cm³/mol. The lowest BCUT2D eigenvalue weighted by atomic mass is 10.1. The quantitative estimate of drug-likeness (QED) is 0.171. The number of nitrogens with zero attached hydrogens (tertiary/aromatic N) is 1. The Kier molecular flexibility index (Phi) is 13.3. The van der Waals surface area contributed by atoms with Crippen LogP contribution in [-0.4, -0.2) is 52.3 Å². The minimum absolute atomic E-state index is 0. The molecule has 2 rings (SSSR count). The van der Waals surface area contributed by atoms with Gasteiger partial charge in [-0.2, -0.15) is 0 Å². The summed E-state index contributed by atoms with van der Waals surface area (Å²) >= 11 is 0. The molecule has 0 saturated carbocycles. The van der Waals surface area contributed by atoms with Crippen LogP contribution < -0.4 is 20.7 Å². The van der Waals surface area contributed by atoms with Gasteiger partial charge in [0, 0.05) is 39.4 Å². The standard InChI is InChI=1S/C23H31FN4O3.HI/c1-17-7-8-19(21(13-17)31-12-11-30-3)16-28-23(25-2)27-10-9-26-22(29)15-18-5-4-6-20(24)14-18;/h4-8,13-14H,9-12,15-16H2,1-3H3,(H,26,29)(H2,25,27,28);1H. The van der Waals surface area contributed by atoms with Crippen LogP contribution in [0.2, 0.25) is 0 Å². The largest absolute Gasteiger partial charge is 0.491 e. The molecule has 0 fully saturated rings. The minimum Gasteiger partial charge on any atom is -0.491 e. The predicted octanol–water partition coefficient (Wildman–Crippen LogP) is 2.80. The first kappa shape index (κ1) is 27.6. The summed E-state index contributed by atoms with van der Waals surface area (Å²) in [4.78, 5) is 16.2. The zero-order valence-electron chi connectivity index (χ0n) is 18.7. The number of hydrogen-bond donors (Lipinski definition) is 3. The molecule has 0 atom stereocenters. The Bertz CT molecular complexity index is 880. The highest BCUT2D eigenvalue weighted by Crippen LogP contribution is 2.20. The van der Waals surface area contributed by atoms with Gasteiger partial charge >= 0.3 is 0 Å². The number of guanidine groups is 1. The molecule has 3 N–H and O–H groups in total. The summed E-state index contributed by atoms with van der Waals surface area (Å²) in [6.45, 7) is 4.48. The second kappa shape index (κ2) is 15.4. The molecule has 0 aliphatic carbocycles. The van der Waals surface area contributed by atoms with Crippen molar-refractivity contribution in [3.05, 3.63) is 65.0 Å². The van der Waals surface area contributed by atoms with Crippen molar-refractivity contribution in [2.24, 2.45) is 4.99 Å². The van der Waals surface area contributed by atoms with Crippen molar-refractivity contribution < 1.29 is 18.7 Å². The average molecular weight is 558 g/mol. The fourth-order valence-corrected chi connectivity index (χ4v) is 2.85. The Morgan fingerprint density at radius 3 is 2.56 bits per heavy atom. The normalized spacial score (nSPS) is 10.8. The molecule has 2 aromatic carbocycles. The van der Waals surface area contributed by atoms with E-state index in [1.54, 1.807) is 26.3 Å². The van der Waals surface area contributed by atoms with E-state index in [0.29, 0.717) is 44.4 Å². The number of ether oxygens (including phenoxy) is 2. The molecular formula is C23H32FIN4O3. The van der Waals surface area contributed by atoms with E-state index in [1.807, 2.05) is 25.1 Å². The number of rotatable bonds is 11. The van der Waals surface area contributed by atoms with E-state index in [1.165, 1.54) is 12.1 Å². The Hall–Kier alpha value is -2.40. The van der Waals surface area contributed by atoms with Crippen molar-refractivity contribution in [1.82, 2.24) is 16.0 Å². The summed E-state index contributed by atoms with van der Waals surface area (Å²) in [5.41, 5.74) is 2.77. The maximum Gasteiger partial charge on any atom is 0.224 e. The molecule has 0 aliphatic rings. The van der Waals surface area contributed by atoms with E-state index in [-0.39, 0.29) is 42.1 Å². The van der Waals surface area contributed by atoms with E-state index in [9.17, 15) is 9.18 Å². The van der Waals surface area contributed by atoms with Crippen LogP contribution in [0.5, 0.6) is 5.75 Å². The molecular weight excluding hydrogens is 526 g/mol. The minimum atomic E-state index is -0.345. The first-order valence-electron chi connectivity index (χ1n) is 10.2. The number of carbonyl (C=O) groups is 1. The maximum absolute atomic E-state index is 13.2. The molecule has 2 aromatic rings. The van der Waals surface area contributed by atoms with Gasteiger partial charge in [0.1, 0.15) is 18.2 Å². The molecule has 9 heteroatoms. The second-order valence-electron chi connectivity index (χ2n) is 6.96. The fourth-order valence-electron chi connectivity index (χ4n) is 2.85. The van der Waals surface area contributed by atoms with Crippen LogP contribution in [-0.2, 0) is 22.5 Å². The number of benzene rings is 2. The highest BCUT2D eigenvalue weighted by molar-refractivity contribution is 14.0. The lowest BCUT2D eigenvalue weighted by Crippen LogP contribution is -2.41. The zero-order valence-corrected chi connectivity index (χ0v) is 21.1. The topological polar surface area (TPSA) is 84.0 Å². The molecule has 7 nitrogen and oxygen atoms in total. The van der Waals surface area contributed by atoms with Crippen LogP contribution in [0.15, 0.2) is 47.5 Å². The first-order chi connectivity index (χ1) is 15.0. The third-order valence-electron chi connectivity index (χ3n) is 4.43. The number of nitrogens with one attached hydrogen (secondary N) is 3. The van der Waals surface area contributed by atoms with Gasteiger partial charge in [0.25, 0.3) is 0 Å². The second-order valence-corrected chi connectivity index (χ2v) is 6.96. The zero-order chi connectivity index (χ0) is 22.5.